The molecule has 4 heteroatoms. The van der Waals surface area contributed by atoms with Crippen molar-refractivity contribution in [3.63, 3.8) is 0 Å². The molecule has 1 heterocycles. The number of carbonyl (C=O) groups is 1. The second kappa shape index (κ2) is 6.64. The van der Waals surface area contributed by atoms with Crippen LogP contribution in [0.2, 0.25) is 0 Å². The van der Waals surface area contributed by atoms with Crippen LogP contribution in [0.5, 0.6) is 0 Å². The second-order valence-electron chi connectivity index (χ2n) is 6.08. The lowest BCUT2D eigenvalue weighted by Crippen LogP contribution is -2.31. The van der Waals surface area contributed by atoms with Crippen LogP contribution >= 0.6 is 11.3 Å². The third-order valence-corrected chi connectivity index (χ3v) is 5.65. The van der Waals surface area contributed by atoms with Crippen LogP contribution in [-0.4, -0.2) is 24.2 Å². The van der Waals surface area contributed by atoms with E-state index in [0.717, 1.165) is 23.9 Å². The van der Waals surface area contributed by atoms with Gasteiger partial charge < -0.3 is 10.4 Å². The molecule has 3 rings (SSSR count). The van der Waals surface area contributed by atoms with Gasteiger partial charge in [0.15, 0.2) is 0 Å². The van der Waals surface area contributed by atoms with Crippen LogP contribution in [0.3, 0.4) is 0 Å². The van der Waals surface area contributed by atoms with E-state index in [4.69, 9.17) is 5.11 Å². The molecule has 2 saturated carbocycles. The fourth-order valence-electron chi connectivity index (χ4n) is 3.73. The average Bonchev–Trinajstić information content (AvgIpc) is 3.21. The Hall–Kier alpha value is -1.31. The highest BCUT2D eigenvalue weighted by atomic mass is 32.1. The molecule has 0 spiro atoms. The Morgan fingerprint density at radius 2 is 2.33 bits per heavy atom. The first kappa shape index (κ1) is 14.6. The van der Waals surface area contributed by atoms with Gasteiger partial charge in [0.1, 0.15) is 4.88 Å². The van der Waals surface area contributed by atoms with Crippen LogP contribution in [0.15, 0.2) is 11.4 Å². The third kappa shape index (κ3) is 3.30. The van der Waals surface area contributed by atoms with Crippen molar-refractivity contribution in [2.45, 2.75) is 32.1 Å². The quantitative estimate of drug-likeness (QED) is 0.840. The summed E-state index contributed by atoms with van der Waals surface area (Å²) < 4.78 is 0. The highest BCUT2D eigenvalue weighted by molar-refractivity contribution is 7.12. The molecule has 0 radical (unpaired) electrons. The summed E-state index contributed by atoms with van der Waals surface area (Å²) in [6, 6.07) is 1.88. The average molecular weight is 303 g/mol. The summed E-state index contributed by atoms with van der Waals surface area (Å²) in [6.07, 6.45) is 5.85. The molecule has 0 aromatic carbocycles. The first-order valence-electron chi connectivity index (χ1n) is 7.73. The van der Waals surface area contributed by atoms with Crippen molar-refractivity contribution in [2.75, 3.05) is 13.2 Å². The molecule has 0 aliphatic heterocycles. The van der Waals surface area contributed by atoms with Crippen molar-refractivity contribution in [1.82, 2.24) is 5.32 Å². The molecule has 1 aromatic rings. The lowest BCUT2D eigenvalue weighted by Gasteiger charge is -2.21. The monoisotopic (exact) mass is 303 g/mol. The van der Waals surface area contributed by atoms with E-state index in [9.17, 15) is 4.79 Å². The van der Waals surface area contributed by atoms with E-state index in [1.807, 2.05) is 11.4 Å². The molecule has 3 atom stereocenters. The van der Waals surface area contributed by atoms with E-state index in [2.05, 4.69) is 17.2 Å². The number of thiophene rings is 1. The molecule has 2 aliphatic carbocycles. The molecular formula is C17H21NO2S. The van der Waals surface area contributed by atoms with Crippen LogP contribution in [-0.2, 0) is 0 Å². The van der Waals surface area contributed by atoms with Gasteiger partial charge in [0.2, 0.25) is 0 Å². The van der Waals surface area contributed by atoms with Gasteiger partial charge in [-0.2, -0.15) is 0 Å². The Morgan fingerprint density at radius 1 is 1.43 bits per heavy atom. The van der Waals surface area contributed by atoms with Gasteiger partial charge in [0.05, 0.1) is 6.61 Å². The van der Waals surface area contributed by atoms with Crippen molar-refractivity contribution in [3.05, 3.63) is 21.9 Å². The normalized spacial score (nSPS) is 26.4. The molecule has 3 unspecified atom stereocenters. The molecule has 0 saturated heterocycles. The fourth-order valence-corrected chi connectivity index (χ4v) is 4.49. The van der Waals surface area contributed by atoms with Crippen molar-refractivity contribution in [1.29, 1.82) is 0 Å². The number of fused-ring (bicyclic) bond motifs is 2. The molecule has 21 heavy (non-hydrogen) atoms. The zero-order chi connectivity index (χ0) is 14.7. The number of carbonyl (C=O) groups excluding carboxylic acids is 1. The molecule has 1 amide bonds. The first-order valence-corrected chi connectivity index (χ1v) is 8.61. The Kier molecular flexibility index (Phi) is 4.62. The number of aliphatic hydroxyl groups excluding tert-OH is 1. The van der Waals surface area contributed by atoms with E-state index in [1.54, 1.807) is 0 Å². The number of rotatable bonds is 4. The summed E-state index contributed by atoms with van der Waals surface area (Å²) in [5, 5.41) is 13.7. The first-order chi connectivity index (χ1) is 10.3. The Labute approximate surface area is 129 Å². The molecule has 2 bridgehead atoms. The van der Waals surface area contributed by atoms with Crippen LogP contribution in [0, 0.1) is 29.6 Å². The van der Waals surface area contributed by atoms with Crippen molar-refractivity contribution < 1.29 is 9.90 Å². The predicted octanol–water partition coefficient (Wildman–Crippen LogP) is 2.65. The maximum absolute atomic E-state index is 12.3. The lowest BCUT2D eigenvalue weighted by molar-refractivity contribution is 0.0945. The zero-order valence-electron chi connectivity index (χ0n) is 12.1. The van der Waals surface area contributed by atoms with Gasteiger partial charge in [0, 0.05) is 18.5 Å². The minimum atomic E-state index is 0.000993. The van der Waals surface area contributed by atoms with Crippen LogP contribution in [0.4, 0.5) is 0 Å². The van der Waals surface area contributed by atoms with Gasteiger partial charge in [0.25, 0.3) is 5.91 Å². The van der Waals surface area contributed by atoms with Crippen molar-refractivity contribution >= 4 is 17.2 Å². The van der Waals surface area contributed by atoms with Gasteiger partial charge in [-0.15, -0.1) is 11.3 Å². The van der Waals surface area contributed by atoms with Crippen LogP contribution in [0.1, 0.15) is 47.3 Å². The van der Waals surface area contributed by atoms with E-state index < -0.39 is 0 Å². The number of hydrogen-bond donors (Lipinski definition) is 2. The summed E-state index contributed by atoms with van der Waals surface area (Å²) in [6.45, 7) is 0.865. The SMILES string of the molecule is O=C(NCC1CC2CCC1C2)c1sccc1C#CCCO. The Bertz CT molecular complexity index is 569. The molecular weight excluding hydrogens is 282 g/mol. The predicted molar refractivity (Wildman–Crippen MR) is 84.2 cm³/mol. The molecule has 1 aromatic heterocycles. The highest BCUT2D eigenvalue weighted by Gasteiger charge is 2.39. The van der Waals surface area contributed by atoms with E-state index in [0.29, 0.717) is 17.2 Å². The van der Waals surface area contributed by atoms with Gasteiger partial charge in [-0.1, -0.05) is 18.3 Å². The summed E-state index contributed by atoms with van der Waals surface area (Å²) >= 11 is 1.44. The summed E-state index contributed by atoms with van der Waals surface area (Å²) in [5.41, 5.74) is 0.777. The van der Waals surface area contributed by atoms with Gasteiger partial charge >= 0.3 is 0 Å². The summed E-state index contributed by atoms with van der Waals surface area (Å²) in [7, 11) is 0. The second-order valence-corrected chi connectivity index (χ2v) is 7.00. The van der Waals surface area contributed by atoms with Crippen molar-refractivity contribution in [3.8, 4) is 11.8 Å². The molecule has 2 N–H and O–H groups in total. The molecule has 112 valence electrons. The Balaban J connectivity index is 1.56. The van der Waals surface area contributed by atoms with Gasteiger partial charge in [-0.3, -0.25) is 4.79 Å². The lowest BCUT2D eigenvalue weighted by atomic mass is 9.89. The molecule has 2 fully saturated rings. The largest absolute Gasteiger partial charge is 0.395 e. The molecule has 2 aliphatic rings. The number of aliphatic hydroxyl groups is 1. The Morgan fingerprint density at radius 3 is 3.05 bits per heavy atom. The van der Waals surface area contributed by atoms with Gasteiger partial charge in [-0.25, -0.2) is 0 Å². The molecule has 3 nitrogen and oxygen atoms in total. The summed E-state index contributed by atoms with van der Waals surface area (Å²) in [4.78, 5) is 13.0. The third-order valence-electron chi connectivity index (χ3n) is 4.74. The number of hydrogen-bond acceptors (Lipinski definition) is 3. The van der Waals surface area contributed by atoms with E-state index in [1.165, 1.54) is 37.0 Å². The maximum Gasteiger partial charge on any atom is 0.262 e. The van der Waals surface area contributed by atoms with Crippen LogP contribution < -0.4 is 5.32 Å². The van der Waals surface area contributed by atoms with Crippen LogP contribution in [0.25, 0.3) is 0 Å². The smallest absolute Gasteiger partial charge is 0.262 e. The van der Waals surface area contributed by atoms with E-state index >= 15 is 0 Å². The van der Waals surface area contributed by atoms with E-state index in [-0.39, 0.29) is 12.5 Å². The maximum atomic E-state index is 12.3. The number of nitrogens with one attached hydrogen (secondary N) is 1. The summed E-state index contributed by atoms with van der Waals surface area (Å²) in [5.74, 6) is 8.28. The minimum Gasteiger partial charge on any atom is -0.395 e. The van der Waals surface area contributed by atoms with Gasteiger partial charge in [-0.05, 0) is 48.5 Å². The minimum absolute atomic E-state index is 0.000993. The number of amides is 1. The van der Waals surface area contributed by atoms with Crippen molar-refractivity contribution in [2.24, 2.45) is 17.8 Å². The standard InChI is InChI=1S/C17H21NO2S/c19-7-2-1-3-13-6-8-21-16(13)17(20)18-11-15-10-12-4-5-14(15)9-12/h6,8,12,14-15,19H,2,4-5,7,9-11H2,(H,18,20). The zero-order valence-corrected chi connectivity index (χ0v) is 12.9. The topological polar surface area (TPSA) is 49.3 Å². The fraction of sp³-hybridized carbons (Fsp3) is 0.588. The highest BCUT2D eigenvalue weighted by Crippen LogP contribution is 2.47.